The number of hydrogen-bond donors (Lipinski definition) is 0. The maximum Gasteiger partial charge on any atom is 0.250 e. The Hall–Kier alpha value is -2.36. The van der Waals surface area contributed by atoms with Crippen LogP contribution < -0.4 is 0 Å². The third kappa shape index (κ3) is 5.20. The molecule has 0 saturated heterocycles. The Bertz CT molecular complexity index is 552. The number of oxazole rings is 1. The maximum atomic E-state index is 11.9. The first-order chi connectivity index (χ1) is 10.5. The number of nitrogens with zero attached hydrogens (tertiary/aromatic N) is 2. The van der Waals surface area contributed by atoms with Crippen molar-refractivity contribution in [2.75, 3.05) is 6.54 Å². The summed E-state index contributed by atoms with van der Waals surface area (Å²) in [7, 11) is 0. The second-order valence-electron chi connectivity index (χ2n) is 4.18. The van der Waals surface area contributed by atoms with Gasteiger partial charge in [0.05, 0.1) is 6.20 Å². The first kappa shape index (κ1) is 19.6. The van der Waals surface area contributed by atoms with Crippen LogP contribution in [-0.2, 0) is 4.79 Å². The summed E-state index contributed by atoms with van der Waals surface area (Å²) in [4.78, 5) is 17.6. The number of likely N-dealkylation sites (N-methyl/N-ethyl adjacent to an activating group) is 1. The molecule has 0 spiro atoms. The van der Waals surface area contributed by atoms with E-state index in [9.17, 15) is 4.79 Å². The molecular formula is C18H26N2O2. The lowest BCUT2D eigenvalue weighted by molar-refractivity contribution is -0.123. The average molecular weight is 302 g/mol. The molecule has 1 aromatic rings. The molecule has 1 rings (SSSR count). The molecule has 0 N–H and O–H groups in total. The summed E-state index contributed by atoms with van der Waals surface area (Å²) in [6, 6.07) is 0. The van der Waals surface area contributed by atoms with Crippen LogP contribution in [-0.4, -0.2) is 22.3 Å². The van der Waals surface area contributed by atoms with Crippen molar-refractivity contribution in [1.29, 1.82) is 0 Å². The third-order valence-corrected chi connectivity index (χ3v) is 2.77. The molecule has 120 valence electrons. The zero-order chi connectivity index (χ0) is 17.1. The van der Waals surface area contributed by atoms with E-state index in [0.29, 0.717) is 12.4 Å². The van der Waals surface area contributed by atoms with E-state index in [1.807, 2.05) is 46.8 Å². The summed E-state index contributed by atoms with van der Waals surface area (Å²) in [5.74, 6) is 0.345. The van der Waals surface area contributed by atoms with E-state index in [2.05, 4.69) is 18.1 Å². The maximum absolute atomic E-state index is 11.9. The number of hydrogen-bond acceptors (Lipinski definition) is 3. The summed E-state index contributed by atoms with van der Waals surface area (Å²) in [5, 5.41) is 0. The second kappa shape index (κ2) is 10.4. The van der Waals surface area contributed by atoms with E-state index in [-0.39, 0.29) is 5.91 Å². The van der Waals surface area contributed by atoms with Crippen molar-refractivity contribution >= 4 is 11.5 Å². The number of allylic oxidation sites excluding steroid dienone is 4. The topological polar surface area (TPSA) is 46.3 Å². The van der Waals surface area contributed by atoms with Gasteiger partial charge in [0.15, 0.2) is 0 Å². The van der Waals surface area contributed by atoms with Crippen LogP contribution in [0.3, 0.4) is 0 Å². The summed E-state index contributed by atoms with van der Waals surface area (Å²) in [6.45, 7) is 17.6. The van der Waals surface area contributed by atoms with Crippen LogP contribution in [0.4, 0.5) is 0 Å². The molecule has 0 saturated carbocycles. The van der Waals surface area contributed by atoms with Crippen molar-refractivity contribution in [2.45, 2.75) is 34.6 Å². The molecule has 22 heavy (non-hydrogen) atoms. The minimum atomic E-state index is -0.162. The molecule has 4 nitrogen and oxygen atoms in total. The van der Waals surface area contributed by atoms with Crippen molar-refractivity contribution in [1.82, 2.24) is 9.88 Å². The molecule has 0 radical (unpaired) electrons. The molecule has 0 fully saturated rings. The van der Waals surface area contributed by atoms with Crippen LogP contribution in [0.25, 0.3) is 5.57 Å². The quantitative estimate of drug-likeness (QED) is 0.570. The van der Waals surface area contributed by atoms with Gasteiger partial charge >= 0.3 is 0 Å². The van der Waals surface area contributed by atoms with Gasteiger partial charge in [0.1, 0.15) is 6.26 Å². The minimum absolute atomic E-state index is 0.162. The lowest BCUT2D eigenvalue weighted by atomic mass is 10.1. The monoisotopic (exact) mass is 302 g/mol. The molecular weight excluding hydrogens is 276 g/mol. The van der Waals surface area contributed by atoms with Gasteiger partial charge in [-0.2, -0.15) is 0 Å². The van der Waals surface area contributed by atoms with E-state index in [1.165, 1.54) is 12.3 Å². The van der Waals surface area contributed by atoms with Gasteiger partial charge in [-0.3, -0.25) is 4.79 Å². The standard InChI is InChI=1S/C16H20N2O2.C2H6/c1-6-13(16-17-9-10-20-16)11-14(12(4)5)18(8-3)15(19)7-2;1-2/h6-7,9-11H,2,4,8H2,1,3,5H3;1-2H3/b13-6+,14-11+;. The predicted molar refractivity (Wildman–Crippen MR) is 92.0 cm³/mol. The molecule has 0 aliphatic carbocycles. The summed E-state index contributed by atoms with van der Waals surface area (Å²) < 4.78 is 5.29. The van der Waals surface area contributed by atoms with Gasteiger partial charge in [0.25, 0.3) is 0 Å². The fourth-order valence-corrected chi connectivity index (χ4v) is 1.77. The van der Waals surface area contributed by atoms with Gasteiger partial charge in [0.2, 0.25) is 11.8 Å². The minimum Gasteiger partial charge on any atom is -0.445 e. The van der Waals surface area contributed by atoms with Gasteiger partial charge in [-0.15, -0.1) is 0 Å². The van der Waals surface area contributed by atoms with Crippen molar-refractivity contribution < 1.29 is 9.21 Å². The molecule has 0 aromatic carbocycles. The Kier molecular flexibility index (Phi) is 9.27. The first-order valence-electron chi connectivity index (χ1n) is 7.42. The number of carbonyl (C=O) groups excluding carboxylic acids is 1. The smallest absolute Gasteiger partial charge is 0.250 e. The van der Waals surface area contributed by atoms with E-state index in [0.717, 1.165) is 16.8 Å². The van der Waals surface area contributed by atoms with Crippen molar-refractivity contribution in [3.63, 3.8) is 0 Å². The molecule has 1 amide bonds. The summed E-state index contributed by atoms with van der Waals surface area (Å²) in [5.41, 5.74) is 2.31. The largest absolute Gasteiger partial charge is 0.445 e. The van der Waals surface area contributed by atoms with Gasteiger partial charge in [0, 0.05) is 17.8 Å². The van der Waals surface area contributed by atoms with Crippen LogP contribution in [0, 0.1) is 0 Å². The van der Waals surface area contributed by atoms with E-state index < -0.39 is 0 Å². The Morgan fingerprint density at radius 3 is 2.45 bits per heavy atom. The van der Waals surface area contributed by atoms with Gasteiger partial charge < -0.3 is 9.32 Å². The van der Waals surface area contributed by atoms with Crippen LogP contribution >= 0.6 is 0 Å². The number of rotatable bonds is 6. The van der Waals surface area contributed by atoms with Crippen LogP contribution in [0.5, 0.6) is 0 Å². The predicted octanol–water partition coefficient (Wildman–Crippen LogP) is 4.60. The lowest BCUT2D eigenvalue weighted by Crippen LogP contribution is -2.29. The van der Waals surface area contributed by atoms with Crippen molar-refractivity contribution in [2.24, 2.45) is 0 Å². The fraction of sp³-hybridized carbons (Fsp3) is 0.333. The Morgan fingerprint density at radius 2 is 2.09 bits per heavy atom. The zero-order valence-corrected chi connectivity index (χ0v) is 14.2. The Labute approximate surface area is 133 Å². The average Bonchev–Trinajstić information content (AvgIpc) is 3.06. The Morgan fingerprint density at radius 1 is 1.45 bits per heavy atom. The lowest BCUT2D eigenvalue weighted by Gasteiger charge is -2.23. The highest BCUT2D eigenvalue weighted by Crippen LogP contribution is 2.21. The van der Waals surface area contributed by atoms with E-state index in [4.69, 9.17) is 4.42 Å². The third-order valence-electron chi connectivity index (χ3n) is 2.77. The number of aromatic nitrogens is 1. The van der Waals surface area contributed by atoms with Crippen LogP contribution in [0.1, 0.15) is 40.5 Å². The molecule has 4 heteroatoms. The molecule has 0 bridgehead atoms. The number of carbonyl (C=O) groups is 1. The van der Waals surface area contributed by atoms with Gasteiger partial charge in [-0.1, -0.05) is 33.1 Å². The highest BCUT2D eigenvalue weighted by atomic mass is 16.3. The SMILES string of the molecule is C=CC(=O)N(CC)/C(=C/C(=C\C)c1ncco1)C(=C)C.CC. The molecule has 0 aliphatic heterocycles. The Balaban J connectivity index is 0.00000211. The summed E-state index contributed by atoms with van der Waals surface area (Å²) in [6.07, 6.45) is 8.11. The summed E-state index contributed by atoms with van der Waals surface area (Å²) >= 11 is 0. The molecule has 0 atom stereocenters. The highest BCUT2D eigenvalue weighted by molar-refractivity contribution is 5.89. The highest BCUT2D eigenvalue weighted by Gasteiger charge is 2.15. The number of amides is 1. The van der Waals surface area contributed by atoms with Crippen LogP contribution in [0.15, 0.2) is 59.5 Å². The molecule has 1 aromatic heterocycles. The first-order valence-corrected chi connectivity index (χ1v) is 7.42. The zero-order valence-electron chi connectivity index (χ0n) is 14.2. The van der Waals surface area contributed by atoms with E-state index >= 15 is 0 Å². The van der Waals surface area contributed by atoms with E-state index in [1.54, 1.807) is 11.1 Å². The van der Waals surface area contributed by atoms with Crippen LogP contribution in [0.2, 0.25) is 0 Å². The molecule has 0 unspecified atom stereocenters. The fourth-order valence-electron chi connectivity index (χ4n) is 1.77. The van der Waals surface area contributed by atoms with Gasteiger partial charge in [-0.05, 0) is 38.5 Å². The second-order valence-corrected chi connectivity index (χ2v) is 4.18. The molecule has 1 heterocycles. The molecule has 0 aliphatic rings. The van der Waals surface area contributed by atoms with Crippen molar-refractivity contribution in [3.8, 4) is 0 Å². The van der Waals surface area contributed by atoms with Gasteiger partial charge in [-0.25, -0.2) is 4.98 Å². The van der Waals surface area contributed by atoms with Crippen molar-refractivity contribution in [3.05, 3.63) is 61.0 Å². The normalized spacial score (nSPS) is 11.3.